The van der Waals surface area contributed by atoms with E-state index in [-0.39, 0.29) is 24.8 Å². The minimum atomic E-state index is -2.90. The second-order valence-electron chi connectivity index (χ2n) is 15.7. The molecule has 0 nitrogen and oxygen atoms in total. The fraction of sp³-hybridized carbons (Fsp3) is 0.154. The van der Waals surface area contributed by atoms with E-state index in [1.807, 2.05) is 0 Å². The van der Waals surface area contributed by atoms with Crippen LogP contribution in [0.3, 0.4) is 0 Å². The Bertz CT molecular complexity index is 2590. The van der Waals surface area contributed by atoms with Gasteiger partial charge in [0.15, 0.2) is 0 Å². The summed E-state index contributed by atoms with van der Waals surface area (Å²) in [4.78, 5) is 0. The van der Waals surface area contributed by atoms with Crippen molar-refractivity contribution in [2.45, 2.75) is 42.2 Å². The van der Waals surface area contributed by atoms with Gasteiger partial charge in [0, 0.05) is 0 Å². The molecule has 0 aromatic heterocycles. The summed E-state index contributed by atoms with van der Waals surface area (Å²) in [5, 5.41) is 10.7. The van der Waals surface area contributed by atoms with Gasteiger partial charge >= 0.3 is 319 Å². The Morgan fingerprint density at radius 2 is 0.782 bits per heavy atom. The van der Waals surface area contributed by atoms with Gasteiger partial charge in [-0.2, -0.15) is 0 Å². The number of rotatable bonds is 6. The van der Waals surface area contributed by atoms with Crippen LogP contribution in [0.25, 0.3) is 77.5 Å². The van der Waals surface area contributed by atoms with Crippen LogP contribution < -0.4 is 24.8 Å². The first-order valence-corrected chi connectivity index (χ1v) is 26.0. The van der Waals surface area contributed by atoms with Gasteiger partial charge in [0.05, 0.1) is 0 Å². The second-order valence-corrected chi connectivity index (χ2v) is 27.1. The van der Waals surface area contributed by atoms with Crippen molar-refractivity contribution in [1.29, 1.82) is 0 Å². The smallest absolute Gasteiger partial charge is 1.00 e. The van der Waals surface area contributed by atoms with Crippen molar-refractivity contribution in [3.63, 3.8) is 0 Å². The fourth-order valence-corrected chi connectivity index (χ4v) is 28.7. The third-order valence-corrected chi connectivity index (χ3v) is 26.2. The topological polar surface area (TPSA) is 0 Å². The molecule has 11 rings (SSSR count). The molecule has 55 heavy (non-hydrogen) atoms. The van der Waals surface area contributed by atoms with Crippen molar-refractivity contribution in [2.24, 2.45) is 0 Å². The molecule has 2 atom stereocenters. The number of benzene rings is 8. The fourth-order valence-electron chi connectivity index (χ4n) is 10.8. The largest absolute Gasteiger partial charge is 1.00 e. The first-order valence-electron chi connectivity index (χ1n) is 19.7. The van der Waals surface area contributed by atoms with Crippen LogP contribution in [0.1, 0.15) is 56.2 Å². The van der Waals surface area contributed by atoms with E-state index in [1.54, 1.807) is 22.3 Å². The Kier molecular flexibility index (Phi) is 9.29. The van der Waals surface area contributed by atoms with Crippen molar-refractivity contribution in [3.8, 4) is 22.3 Å². The zero-order valence-electron chi connectivity index (χ0n) is 31.3. The van der Waals surface area contributed by atoms with Gasteiger partial charge in [-0.15, -0.1) is 0 Å². The van der Waals surface area contributed by atoms with E-state index in [1.165, 1.54) is 84.7 Å². The van der Waals surface area contributed by atoms with E-state index in [4.69, 9.17) is 0 Å². The first kappa shape index (κ1) is 36.4. The molecular weight excluding hydrogens is 787 g/mol. The molecule has 0 amide bonds. The number of hydrogen-bond donors (Lipinski definition) is 0. The molecule has 2 unspecified atom stereocenters. The minimum Gasteiger partial charge on any atom is -1.00 e. The molecule has 0 spiro atoms. The van der Waals surface area contributed by atoms with Gasteiger partial charge in [-0.1, -0.05) is 0 Å². The number of allylic oxidation sites excluding steroid dienone is 2. The van der Waals surface area contributed by atoms with Gasteiger partial charge in [-0.25, -0.2) is 0 Å². The molecule has 0 saturated carbocycles. The van der Waals surface area contributed by atoms with Gasteiger partial charge in [0.2, 0.25) is 0 Å². The molecule has 0 bridgehead atoms. The normalized spacial score (nSPS) is 17.1. The molecular formula is C52H42Cl2Zr. The monoisotopic (exact) mass is 826 g/mol. The third-order valence-electron chi connectivity index (χ3n) is 13.2. The molecule has 1 aliphatic heterocycles. The zero-order valence-corrected chi connectivity index (χ0v) is 35.2. The third kappa shape index (κ3) is 5.41. The molecule has 0 radical (unpaired) electrons. The second kappa shape index (κ2) is 14.0. The molecule has 1 saturated heterocycles. The molecule has 1 fully saturated rings. The maximum absolute atomic E-state index is 2.90. The zero-order chi connectivity index (χ0) is 35.3. The van der Waals surface area contributed by atoms with Crippen molar-refractivity contribution in [1.82, 2.24) is 0 Å². The maximum Gasteiger partial charge on any atom is -1.00 e. The van der Waals surface area contributed by atoms with Crippen LogP contribution in [0.15, 0.2) is 157 Å². The molecule has 3 aliphatic rings. The standard InChI is InChI=1S/2C25H19.C2H4.2ClH.Zr/c2*1-2-17-14-18-10-7-13-23(24(18)15-17)25-21-11-5-3-8-19(21)16-20-9-4-6-12-22(20)25;1-2;;;/h2*3-16H,2H2,1H3;1-2H2;2*1H;/q;;;;;+2/p-2. The SMILES string of the molecule is CCC1=Cc2c(-c3c4ccccc4cc4ccccc34)cccc2[CH]1[Zr+2]1([CH]2C(CC)=Cc3c(-c4c5ccccc5cc5ccccc45)cccc32)[CH2][CH2]1.[Cl-].[Cl-]. The van der Waals surface area contributed by atoms with Crippen LogP contribution >= 0.6 is 0 Å². The van der Waals surface area contributed by atoms with Gasteiger partial charge in [0.25, 0.3) is 0 Å². The molecule has 1 heterocycles. The van der Waals surface area contributed by atoms with Gasteiger partial charge in [-0.3, -0.25) is 0 Å². The van der Waals surface area contributed by atoms with Gasteiger partial charge in [-0.05, 0) is 0 Å². The predicted molar refractivity (Wildman–Crippen MR) is 225 cm³/mol. The van der Waals surface area contributed by atoms with E-state index < -0.39 is 20.3 Å². The van der Waals surface area contributed by atoms with E-state index >= 15 is 0 Å². The molecule has 2 aliphatic carbocycles. The summed E-state index contributed by atoms with van der Waals surface area (Å²) in [5.74, 6) is 0. The average molecular weight is 829 g/mol. The van der Waals surface area contributed by atoms with Crippen LogP contribution in [0, 0.1) is 0 Å². The summed E-state index contributed by atoms with van der Waals surface area (Å²) in [5.41, 5.74) is 15.3. The van der Waals surface area contributed by atoms with Crippen LogP contribution in [0.2, 0.25) is 8.26 Å². The quantitative estimate of drug-likeness (QED) is 0.147. The number of halogens is 2. The maximum atomic E-state index is 2.66. The number of fused-ring (bicyclic) bond motifs is 6. The van der Waals surface area contributed by atoms with Crippen LogP contribution in [-0.2, 0) is 20.3 Å². The van der Waals surface area contributed by atoms with Gasteiger partial charge in [0.1, 0.15) is 0 Å². The van der Waals surface area contributed by atoms with E-state index in [0.717, 1.165) is 12.8 Å². The Balaban J connectivity index is 0.00000198. The van der Waals surface area contributed by atoms with E-state index in [0.29, 0.717) is 7.25 Å². The first-order chi connectivity index (χ1) is 26.2. The Morgan fingerprint density at radius 1 is 0.436 bits per heavy atom. The summed E-state index contributed by atoms with van der Waals surface area (Å²) >= 11 is -2.90. The van der Waals surface area contributed by atoms with Crippen molar-refractivity contribution in [3.05, 3.63) is 179 Å². The Morgan fingerprint density at radius 3 is 1.11 bits per heavy atom. The summed E-state index contributed by atoms with van der Waals surface area (Å²) in [6.07, 6.45) is 7.57. The molecule has 8 aromatic rings. The summed E-state index contributed by atoms with van der Waals surface area (Å²) in [7, 11) is 0. The van der Waals surface area contributed by atoms with Crippen LogP contribution in [-0.4, -0.2) is 0 Å². The molecule has 3 heteroatoms. The molecule has 8 aromatic carbocycles. The minimum absolute atomic E-state index is 0. The van der Waals surface area contributed by atoms with E-state index in [9.17, 15) is 0 Å². The summed E-state index contributed by atoms with van der Waals surface area (Å²) < 4.78 is 4.19. The molecule has 0 N–H and O–H groups in total. The number of hydrogen-bond acceptors (Lipinski definition) is 0. The van der Waals surface area contributed by atoms with E-state index in [2.05, 4.69) is 172 Å². The van der Waals surface area contributed by atoms with Crippen molar-refractivity contribution < 1.29 is 45.1 Å². The van der Waals surface area contributed by atoms with Crippen molar-refractivity contribution in [2.75, 3.05) is 0 Å². The predicted octanol–water partition coefficient (Wildman–Crippen LogP) is 9.04. The summed E-state index contributed by atoms with van der Waals surface area (Å²) in [6, 6.07) is 55.4. The van der Waals surface area contributed by atoms with Crippen molar-refractivity contribution >= 4 is 55.2 Å². The molecule has 268 valence electrons. The average Bonchev–Trinajstić information content (AvgIpc) is 3.74. The summed E-state index contributed by atoms with van der Waals surface area (Å²) in [6.45, 7) is 4.84. The van der Waals surface area contributed by atoms with Crippen LogP contribution in [0.5, 0.6) is 0 Å². The Hall–Kier alpha value is -4.26. The Labute approximate surface area is 341 Å². The van der Waals surface area contributed by atoms with Gasteiger partial charge < -0.3 is 24.8 Å². The van der Waals surface area contributed by atoms with Crippen LogP contribution in [0.4, 0.5) is 0 Å².